The van der Waals surface area contributed by atoms with Gasteiger partial charge in [-0.3, -0.25) is 9.36 Å². The Morgan fingerprint density at radius 3 is 2.90 bits per heavy atom. The normalized spacial score (nSPS) is 16.8. The minimum absolute atomic E-state index is 0.161. The summed E-state index contributed by atoms with van der Waals surface area (Å²) < 4.78 is 7.56. The highest BCUT2D eigenvalue weighted by atomic mass is 32.2. The van der Waals surface area contributed by atoms with Gasteiger partial charge in [0.1, 0.15) is 5.75 Å². The molecule has 152 valence electrons. The fraction of sp³-hybridized carbons (Fsp3) is 0.381. The Morgan fingerprint density at radius 1 is 1.28 bits per heavy atom. The van der Waals surface area contributed by atoms with E-state index in [2.05, 4.69) is 17.1 Å². The number of aromatic nitrogens is 3. The highest BCUT2D eigenvalue weighted by Gasteiger charge is 2.24. The molecule has 0 bridgehead atoms. The van der Waals surface area contributed by atoms with E-state index >= 15 is 0 Å². The predicted molar refractivity (Wildman–Crippen MR) is 117 cm³/mol. The topological polar surface area (TPSA) is 60.2 Å². The predicted octanol–water partition coefficient (Wildman–Crippen LogP) is 4.36. The third kappa shape index (κ3) is 4.33. The molecule has 1 atom stereocenters. The van der Waals surface area contributed by atoms with Gasteiger partial charge in [-0.2, -0.15) is 0 Å². The van der Waals surface area contributed by atoms with Crippen molar-refractivity contribution < 1.29 is 9.53 Å². The summed E-state index contributed by atoms with van der Waals surface area (Å²) in [4.78, 5) is 15.7. The van der Waals surface area contributed by atoms with Crippen LogP contribution < -0.4 is 4.74 Å². The number of benzene rings is 1. The molecule has 0 spiro atoms. The maximum Gasteiger partial charge on any atom is 0.233 e. The minimum atomic E-state index is 0.161. The first-order valence-electron chi connectivity index (χ1n) is 9.70. The van der Waals surface area contributed by atoms with Gasteiger partial charge in [-0.25, -0.2) is 0 Å². The van der Waals surface area contributed by atoms with E-state index < -0.39 is 0 Å². The van der Waals surface area contributed by atoms with Crippen molar-refractivity contribution in [2.45, 2.75) is 24.9 Å². The second-order valence-electron chi connectivity index (χ2n) is 7.17. The summed E-state index contributed by atoms with van der Waals surface area (Å²) in [6, 6.07) is 11.8. The average Bonchev–Trinajstić information content (AvgIpc) is 3.41. The molecule has 0 aliphatic carbocycles. The van der Waals surface area contributed by atoms with Gasteiger partial charge >= 0.3 is 0 Å². The summed E-state index contributed by atoms with van der Waals surface area (Å²) in [5, 5.41) is 11.6. The zero-order valence-electron chi connectivity index (χ0n) is 16.6. The summed E-state index contributed by atoms with van der Waals surface area (Å²) in [6.07, 6.45) is 2.28. The number of nitrogens with zero attached hydrogens (tertiary/aromatic N) is 4. The SMILES string of the molecule is COc1ccccc1-n1c(SCC(=O)N2CCCC(C)C2)nnc1-c1cccs1. The lowest BCUT2D eigenvalue weighted by Crippen LogP contribution is -2.40. The van der Waals surface area contributed by atoms with Gasteiger partial charge in [-0.15, -0.1) is 21.5 Å². The van der Waals surface area contributed by atoms with Gasteiger partial charge in [-0.1, -0.05) is 36.9 Å². The molecular weight excluding hydrogens is 404 g/mol. The molecule has 1 unspecified atom stereocenters. The standard InChI is InChI=1S/C21H24N4O2S2/c1-15-7-5-11-24(13-15)19(26)14-29-21-23-22-20(18-10-6-12-28-18)25(21)16-8-3-4-9-17(16)27-2/h3-4,6,8-10,12,15H,5,7,11,13-14H2,1-2H3. The number of methoxy groups -OCH3 is 1. The van der Waals surface area contributed by atoms with Crippen molar-refractivity contribution in [2.75, 3.05) is 26.0 Å². The fourth-order valence-corrected chi connectivity index (χ4v) is 5.14. The lowest BCUT2D eigenvalue weighted by Gasteiger charge is -2.30. The maximum absolute atomic E-state index is 12.7. The Kier molecular flexibility index (Phi) is 6.20. The second-order valence-corrected chi connectivity index (χ2v) is 9.06. The van der Waals surface area contributed by atoms with Crippen molar-refractivity contribution >= 4 is 29.0 Å². The number of para-hydroxylation sites is 2. The lowest BCUT2D eigenvalue weighted by molar-refractivity contribution is -0.130. The van der Waals surface area contributed by atoms with E-state index in [1.807, 2.05) is 51.2 Å². The smallest absolute Gasteiger partial charge is 0.233 e. The van der Waals surface area contributed by atoms with Crippen LogP contribution in [-0.2, 0) is 4.79 Å². The molecule has 1 saturated heterocycles. The minimum Gasteiger partial charge on any atom is -0.495 e. The average molecular weight is 429 g/mol. The van der Waals surface area contributed by atoms with Crippen molar-refractivity contribution in [2.24, 2.45) is 5.92 Å². The van der Waals surface area contributed by atoms with E-state index in [1.54, 1.807) is 18.4 Å². The molecule has 0 N–H and O–H groups in total. The molecule has 1 aliphatic rings. The highest BCUT2D eigenvalue weighted by molar-refractivity contribution is 7.99. The number of piperidine rings is 1. The van der Waals surface area contributed by atoms with Gasteiger partial charge in [0.2, 0.25) is 5.91 Å². The summed E-state index contributed by atoms with van der Waals surface area (Å²) in [5.41, 5.74) is 0.866. The van der Waals surface area contributed by atoms with Crippen LogP contribution in [0.4, 0.5) is 0 Å². The molecule has 0 saturated carbocycles. The quantitative estimate of drug-likeness (QED) is 0.546. The number of ether oxygens (including phenoxy) is 1. The Labute approximate surface area is 178 Å². The maximum atomic E-state index is 12.7. The molecule has 1 aliphatic heterocycles. The van der Waals surface area contributed by atoms with Crippen molar-refractivity contribution in [1.29, 1.82) is 0 Å². The van der Waals surface area contributed by atoms with E-state index in [-0.39, 0.29) is 5.91 Å². The summed E-state index contributed by atoms with van der Waals surface area (Å²) in [5.74, 6) is 2.58. The van der Waals surface area contributed by atoms with Gasteiger partial charge in [0.25, 0.3) is 0 Å². The van der Waals surface area contributed by atoms with Crippen molar-refractivity contribution in [3.63, 3.8) is 0 Å². The molecule has 3 heterocycles. The first-order chi connectivity index (χ1) is 14.2. The zero-order valence-corrected chi connectivity index (χ0v) is 18.2. The third-order valence-electron chi connectivity index (χ3n) is 5.04. The van der Waals surface area contributed by atoms with Gasteiger partial charge in [0.05, 0.1) is 23.4 Å². The molecule has 1 aromatic carbocycles. The van der Waals surface area contributed by atoms with Gasteiger partial charge < -0.3 is 9.64 Å². The monoisotopic (exact) mass is 428 g/mol. The molecule has 1 fully saturated rings. The van der Waals surface area contributed by atoms with Crippen LogP contribution in [-0.4, -0.2) is 51.5 Å². The van der Waals surface area contributed by atoms with Gasteiger partial charge in [-0.05, 0) is 42.3 Å². The van der Waals surface area contributed by atoms with E-state index in [0.29, 0.717) is 16.8 Å². The van der Waals surface area contributed by atoms with Crippen molar-refractivity contribution in [3.8, 4) is 22.1 Å². The first kappa shape index (κ1) is 20.0. The van der Waals surface area contributed by atoms with E-state index in [9.17, 15) is 4.79 Å². The molecule has 3 aromatic rings. The highest BCUT2D eigenvalue weighted by Crippen LogP contribution is 2.34. The Morgan fingerprint density at radius 2 is 2.14 bits per heavy atom. The molecule has 0 radical (unpaired) electrons. The third-order valence-corrected chi connectivity index (χ3v) is 6.81. The number of thiophene rings is 1. The lowest BCUT2D eigenvalue weighted by atomic mass is 10.0. The number of likely N-dealkylation sites (tertiary alicyclic amines) is 1. The number of amides is 1. The Bertz CT molecular complexity index is 971. The number of rotatable bonds is 6. The van der Waals surface area contributed by atoms with Crippen LogP contribution in [0.5, 0.6) is 5.75 Å². The Hall–Kier alpha value is -2.32. The fourth-order valence-electron chi connectivity index (χ4n) is 3.59. The summed E-state index contributed by atoms with van der Waals surface area (Å²) >= 11 is 3.04. The van der Waals surface area contributed by atoms with E-state index in [0.717, 1.165) is 41.6 Å². The Balaban J connectivity index is 1.63. The zero-order chi connectivity index (χ0) is 20.2. The summed E-state index contributed by atoms with van der Waals surface area (Å²) in [6.45, 7) is 3.90. The molecule has 8 heteroatoms. The number of hydrogen-bond donors (Lipinski definition) is 0. The molecule has 6 nitrogen and oxygen atoms in total. The molecule has 2 aromatic heterocycles. The summed E-state index contributed by atoms with van der Waals surface area (Å²) in [7, 11) is 1.65. The number of hydrogen-bond acceptors (Lipinski definition) is 6. The molecule has 4 rings (SSSR count). The van der Waals surface area contributed by atoms with Crippen molar-refractivity contribution in [3.05, 3.63) is 41.8 Å². The van der Waals surface area contributed by atoms with E-state index in [4.69, 9.17) is 4.74 Å². The first-order valence-corrected chi connectivity index (χ1v) is 11.6. The van der Waals surface area contributed by atoms with Crippen LogP contribution in [0.15, 0.2) is 46.9 Å². The number of thioether (sulfide) groups is 1. The molecule has 1 amide bonds. The van der Waals surface area contributed by atoms with Crippen LogP contribution in [0.1, 0.15) is 19.8 Å². The van der Waals surface area contributed by atoms with Crippen LogP contribution in [0.3, 0.4) is 0 Å². The van der Waals surface area contributed by atoms with Crippen molar-refractivity contribution in [1.82, 2.24) is 19.7 Å². The van der Waals surface area contributed by atoms with Gasteiger partial charge in [0.15, 0.2) is 11.0 Å². The van der Waals surface area contributed by atoms with E-state index in [1.165, 1.54) is 18.2 Å². The molecular formula is C21H24N4O2S2. The van der Waals surface area contributed by atoms with Crippen LogP contribution >= 0.6 is 23.1 Å². The van der Waals surface area contributed by atoms with Crippen LogP contribution in [0.2, 0.25) is 0 Å². The van der Waals surface area contributed by atoms with Crippen LogP contribution in [0, 0.1) is 5.92 Å². The van der Waals surface area contributed by atoms with Gasteiger partial charge in [0, 0.05) is 13.1 Å². The van der Waals surface area contributed by atoms with Crippen LogP contribution in [0.25, 0.3) is 16.4 Å². The number of carbonyl (C=O) groups excluding carboxylic acids is 1. The second kappa shape index (κ2) is 9.00. The number of carbonyl (C=O) groups is 1. The largest absolute Gasteiger partial charge is 0.495 e. The molecule has 29 heavy (non-hydrogen) atoms.